The van der Waals surface area contributed by atoms with Gasteiger partial charge < -0.3 is 0 Å². The van der Waals surface area contributed by atoms with Gasteiger partial charge in [0.2, 0.25) is 0 Å². The molecular weight excluding hydrogens is 288 g/mol. The van der Waals surface area contributed by atoms with Crippen LogP contribution in [-0.4, -0.2) is 12.6 Å². The molecule has 0 saturated carbocycles. The number of rotatable bonds is 2. The summed E-state index contributed by atoms with van der Waals surface area (Å²) in [6, 6.07) is 11.1. The highest BCUT2D eigenvalue weighted by atomic mass is 32.1. The van der Waals surface area contributed by atoms with Gasteiger partial charge in [0.1, 0.15) is 0 Å². The van der Waals surface area contributed by atoms with E-state index < -0.39 is 0 Å². The van der Waals surface area contributed by atoms with E-state index in [-0.39, 0.29) is 0 Å². The summed E-state index contributed by atoms with van der Waals surface area (Å²) in [4.78, 5) is 23.5. The number of fused-ring (bicyclic) bond motifs is 2. The Balaban J connectivity index is 2.59. The molecule has 0 amide bonds. The molecule has 0 heterocycles. The van der Waals surface area contributed by atoms with Crippen LogP contribution in [0.5, 0.6) is 0 Å². The number of carbonyl (C=O) groups excluding carboxylic acids is 2. The van der Waals surface area contributed by atoms with Gasteiger partial charge in [0, 0.05) is 31.7 Å². The molecule has 0 N–H and O–H groups in total. The van der Waals surface area contributed by atoms with Gasteiger partial charge in [-0.15, -0.1) is 25.3 Å². The third-order valence-corrected chi connectivity index (χ3v) is 4.34. The molecule has 0 aliphatic carbocycles. The fourth-order valence-electron chi connectivity index (χ4n) is 2.46. The monoisotopic (exact) mass is 298 g/mol. The van der Waals surface area contributed by atoms with Crippen molar-refractivity contribution in [3.05, 3.63) is 47.5 Å². The fraction of sp³-hybridized carbons (Fsp3) is 0. The molecule has 0 aromatic heterocycles. The Kier molecular flexibility index (Phi) is 3.28. The van der Waals surface area contributed by atoms with Crippen molar-refractivity contribution in [1.82, 2.24) is 0 Å². The number of aldehydes is 2. The molecule has 98 valence electrons. The third-order valence-electron chi connectivity index (χ3n) is 3.41. The summed E-state index contributed by atoms with van der Waals surface area (Å²) in [6.07, 6.45) is 1.58. The Morgan fingerprint density at radius 3 is 2.15 bits per heavy atom. The van der Waals surface area contributed by atoms with Crippen LogP contribution in [0, 0.1) is 0 Å². The van der Waals surface area contributed by atoms with E-state index in [1.54, 1.807) is 12.1 Å². The third kappa shape index (κ3) is 1.84. The van der Waals surface area contributed by atoms with Gasteiger partial charge in [0.05, 0.1) is 0 Å². The van der Waals surface area contributed by atoms with Crippen molar-refractivity contribution in [3.63, 3.8) is 0 Å². The van der Waals surface area contributed by atoms with Gasteiger partial charge >= 0.3 is 0 Å². The zero-order chi connectivity index (χ0) is 14.3. The van der Waals surface area contributed by atoms with Crippen molar-refractivity contribution >= 4 is 59.4 Å². The molecule has 3 aromatic carbocycles. The van der Waals surface area contributed by atoms with Crippen LogP contribution in [0.2, 0.25) is 0 Å². The summed E-state index contributed by atoms with van der Waals surface area (Å²) in [5.41, 5.74) is 1.10. The molecule has 0 aliphatic rings. The lowest BCUT2D eigenvalue weighted by molar-refractivity contribution is 0.111. The van der Waals surface area contributed by atoms with E-state index >= 15 is 0 Å². The first-order valence-electron chi connectivity index (χ1n) is 5.98. The highest BCUT2D eigenvalue weighted by Crippen LogP contribution is 2.37. The standard InChI is InChI=1S/C16H10O2S2/c17-7-11-3-1-2-9-6-10-4-5-12(8-18)15(19)14(10)16(20)13(9)11/h1-8,19-20H. The van der Waals surface area contributed by atoms with E-state index in [0.29, 0.717) is 20.9 Å². The number of hydrogen-bond acceptors (Lipinski definition) is 4. The van der Waals surface area contributed by atoms with Crippen molar-refractivity contribution in [2.45, 2.75) is 9.79 Å². The average molecular weight is 298 g/mol. The second-order valence-corrected chi connectivity index (χ2v) is 5.40. The maximum Gasteiger partial charge on any atom is 0.151 e. The minimum atomic E-state index is 0.513. The highest BCUT2D eigenvalue weighted by Gasteiger charge is 2.12. The first kappa shape index (κ1) is 13.2. The normalized spacial score (nSPS) is 10.9. The van der Waals surface area contributed by atoms with Gasteiger partial charge in [-0.2, -0.15) is 0 Å². The van der Waals surface area contributed by atoms with Crippen LogP contribution < -0.4 is 0 Å². The number of hydrogen-bond donors (Lipinski definition) is 2. The molecule has 0 aliphatic heterocycles. The zero-order valence-corrected chi connectivity index (χ0v) is 12.1. The van der Waals surface area contributed by atoms with Crippen LogP contribution in [0.1, 0.15) is 20.7 Å². The molecule has 0 fully saturated rings. The lowest BCUT2D eigenvalue weighted by Crippen LogP contribution is -1.90. The topological polar surface area (TPSA) is 34.1 Å². The SMILES string of the molecule is O=Cc1ccc2cc3cccc(C=O)c3c(S)c2c1S. The van der Waals surface area contributed by atoms with E-state index in [1.165, 1.54) is 0 Å². The molecule has 0 atom stereocenters. The van der Waals surface area contributed by atoms with E-state index in [0.717, 1.165) is 34.1 Å². The van der Waals surface area contributed by atoms with E-state index in [9.17, 15) is 9.59 Å². The highest BCUT2D eigenvalue weighted by molar-refractivity contribution is 7.81. The largest absolute Gasteiger partial charge is 0.298 e. The van der Waals surface area contributed by atoms with Crippen LogP contribution in [0.15, 0.2) is 46.2 Å². The summed E-state index contributed by atoms with van der Waals surface area (Å²) in [5.74, 6) is 0. The summed E-state index contributed by atoms with van der Waals surface area (Å²) in [7, 11) is 0. The number of thiol groups is 2. The second kappa shape index (κ2) is 4.96. The Morgan fingerprint density at radius 2 is 1.45 bits per heavy atom. The van der Waals surface area contributed by atoms with Crippen molar-refractivity contribution in [2.24, 2.45) is 0 Å². The van der Waals surface area contributed by atoms with Crippen molar-refractivity contribution < 1.29 is 9.59 Å². The first-order chi connectivity index (χ1) is 9.67. The van der Waals surface area contributed by atoms with Crippen LogP contribution in [0.3, 0.4) is 0 Å². The molecule has 4 heteroatoms. The van der Waals surface area contributed by atoms with Crippen LogP contribution in [0.25, 0.3) is 21.5 Å². The lowest BCUT2D eigenvalue weighted by atomic mass is 9.98. The Labute approximate surface area is 126 Å². The van der Waals surface area contributed by atoms with Gasteiger partial charge in [-0.05, 0) is 22.9 Å². The predicted octanol–water partition coefficient (Wildman–Crippen LogP) is 4.20. The molecular formula is C16H10O2S2. The molecule has 0 radical (unpaired) electrons. The lowest BCUT2D eigenvalue weighted by Gasteiger charge is -2.11. The Morgan fingerprint density at radius 1 is 0.750 bits per heavy atom. The minimum absolute atomic E-state index is 0.513. The predicted molar refractivity (Wildman–Crippen MR) is 86.7 cm³/mol. The molecule has 0 unspecified atom stereocenters. The Bertz CT molecular complexity index is 869. The van der Waals surface area contributed by atoms with Crippen LogP contribution in [0.4, 0.5) is 0 Å². The van der Waals surface area contributed by atoms with E-state index in [4.69, 9.17) is 0 Å². The zero-order valence-electron chi connectivity index (χ0n) is 10.3. The summed E-state index contributed by atoms with van der Waals surface area (Å²) >= 11 is 9.01. The number of benzene rings is 3. The molecule has 0 spiro atoms. The maximum absolute atomic E-state index is 11.2. The molecule has 20 heavy (non-hydrogen) atoms. The molecule has 0 bridgehead atoms. The van der Waals surface area contributed by atoms with E-state index in [2.05, 4.69) is 25.3 Å². The van der Waals surface area contributed by atoms with Crippen molar-refractivity contribution in [1.29, 1.82) is 0 Å². The smallest absolute Gasteiger partial charge is 0.151 e. The van der Waals surface area contributed by atoms with Gasteiger partial charge in [0.15, 0.2) is 12.6 Å². The molecule has 0 saturated heterocycles. The van der Waals surface area contributed by atoms with Gasteiger partial charge in [0.25, 0.3) is 0 Å². The quantitative estimate of drug-likeness (QED) is 0.422. The average Bonchev–Trinajstić information content (AvgIpc) is 2.46. The maximum atomic E-state index is 11.2. The minimum Gasteiger partial charge on any atom is -0.298 e. The summed E-state index contributed by atoms with van der Waals surface area (Å²) in [5, 5.41) is 3.47. The molecule has 3 rings (SSSR count). The van der Waals surface area contributed by atoms with Gasteiger partial charge in [-0.25, -0.2) is 0 Å². The second-order valence-electron chi connectivity index (χ2n) is 4.51. The summed E-state index contributed by atoms with van der Waals surface area (Å²) in [6.45, 7) is 0. The summed E-state index contributed by atoms with van der Waals surface area (Å²) < 4.78 is 0. The molecule has 3 aromatic rings. The van der Waals surface area contributed by atoms with Gasteiger partial charge in [-0.3, -0.25) is 9.59 Å². The number of carbonyl (C=O) groups is 2. The van der Waals surface area contributed by atoms with Gasteiger partial charge in [-0.1, -0.05) is 24.3 Å². The van der Waals surface area contributed by atoms with Crippen molar-refractivity contribution in [3.8, 4) is 0 Å². The van der Waals surface area contributed by atoms with Crippen LogP contribution >= 0.6 is 25.3 Å². The first-order valence-corrected chi connectivity index (χ1v) is 6.87. The Hall–Kier alpha value is -1.78. The molecule has 2 nitrogen and oxygen atoms in total. The fourth-order valence-corrected chi connectivity index (χ4v) is 3.42. The van der Waals surface area contributed by atoms with E-state index in [1.807, 2.05) is 24.3 Å². The van der Waals surface area contributed by atoms with Crippen molar-refractivity contribution in [2.75, 3.05) is 0 Å². The van der Waals surface area contributed by atoms with Crippen LogP contribution in [-0.2, 0) is 0 Å².